The van der Waals surface area contributed by atoms with E-state index in [-0.39, 0.29) is 17.5 Å². The van der Waals surface area contributed by atoms with Crippen LogP contribution in [0.2, 0.25) is 0 Å². The van der Waals surface area contributed by atoms with Gasteiger partial charge >= 0.3 is 5.69 Å². The van der Waals surface area contributed by atoms with Crippen LogP contribution in [0, 0.1) is 5.82 Å². The van der Waals surface area contributed by atoms with Crippen LogP contribution in [-0.4, -0.2) is 26.0 Å². The molecule has 0 fully saturated rings. The zero-order chi connectivity index (χ0) is 15.8. The summed E-state index contributed by atoms with van der Waals surface area (Å²) in [6.45, 7) is 0. The number of fused-ring (bicyclic) bond motifs is 1. The first-order valence-electron chi connectivity index (χ1n) is 7.31. The lowest BCUT2D eigenvalue weighted by molar-refractivity contribution is 0.625. The molecule has 2 heterocycles. The van der Waals surface area contributed by atoms with E-state index in [1.807, 2.05) is 6.07 Å². The summed E-state index contributed by atoms with van der Waals surface area (Å²) in [6, 6.07) is 5.07. The third-order valence-corrected chi connectivity index (χ3v) is 3.99. The number of nitrogens with zero attached hydrogens (tertiary/aromatic N) is 2. The number of hydrogen-bond donors (Lipinski definition) is 3. The highest BCUT2D eigenvalue weighted by molar-refractivity contribution is 5.56. The van der Waals surface area contributed by atoms with Crippen LogP contribution >= 0.6 is 0 Å². The van der Waals surface area contributed by atoms with Crippen LogP contribution in [0.1, 0.15) is 11.1 Å². The Balaban J connectivity index is 1.47. The Morgan fingerprint density at radius 3 is 2.70 bits per heavy atom. The SMILES string of the molecule is O=c1[nH]cc(-c2cnc(NC3Cc4ccc(F)cc4C3)nc2)[nH]1. The average Bonchev–Trinajstić information content (AvgIpc) is 3.13. The summed E-state index contributed by atoms with van der Waals surface area (Å²) in [5.74, 6) is 0.315. The van der Waals surface area contributed by atoms with E-state index in [1.54, 1.807) is 24.7 Å². The molecule has 116 valence electrons. The zero-order valence-electron chi connectivity index (χ0n) is 12.1. The van der Waals surface area contributed by atoms with Crippen molar-refractivity contribution in [3.63, 3.8) is 0 Å². The van der Waals surface area contributed by atoms with Gasteiger partial charge in [-0.2, -0.15) is 0 Å². The topological polar surface area (TPSA) is 86.5 Å². The number of anilines is 1. The molecule has 0 spiro atoms. The largest absolute Gasteiger partial charge is 0.351 e. The lowest BCUT2D eigenvalue weighted by atomic mass is 10.1. The van der Waals surface area contributed by atoms with Crippen LogP contribution in [0.4, 0.5) is 10.3 Å². The zero-order valence-corrected chi connectivity index (χ0v) is 12.1. The first-order valence-corrected chi connectivity index (χ1v) is 7.31. The molecule has 0 bridgehead atoms. The van der Waals surface area contributed by atoms with Crippen LogP contribution in [-0.2, 0) is 12.8 Å². The number of aromatic amines is 2. The first-order chi connectivity index (χ1) is 11.2. The van der Waals surface area contributed by atoms with Crippen molar-refractivity contribution in [1.82, 2.24) is 19.9 Å². The maximum Gasteiger partial charge on any atom is 0.323 e. The van der Waals surface area contributed by atoms with Crippen molar-refractivity contribution < 1.29 is 4.39 Å². The van der Waals surface area contributed by atoms with Crippen LogP contribution in [0.25, 0.3) is 11.3 Å². The number of imidazole rings is 1. The van der Waals surface area contributed by atoms with Gasteiger partial charge in [-0.15, -0.1) is 0 Å². The average molecular weight is 311 g/mol. The summed E-state index contributed by atoms with van der Waals surface area (Å²) in [4.78, 5) is 24.9. The lowest BCUT2D eigenvalue weighted by Crippen LogP contribution is -2.20. The molecule has 0 radical (unpaired) electrons. The smallest absolute Gasteiger partial charge is 0.323 e. The van der Waals surface area contributed by atoms with Crippen LogP contribution < -0.4 is 11.0 Å². The van der Waals surface area contributed by atoms with Crippen molar-refractivity contribution in [3.8, 4) is 11.3 Å². The Bertz CT molecular complexity index is 899. The van der Waals surface area contributed by atoms with Crippen LogP contribution in [0.3, 0.4) is 0 Å². The molecule has 1 atom stereocenters. The van der Waals surface area contributed by atoms with Gasteiger partial charge in [0.1, 0.15) is 5.82 Å². The maximum absolute atomic E-state index is 13.3. The number of hydrogen-bond acceptors (Lipinski definition) is 4. The van der Waals surface area contributed by atoms with Gasteiger partial charge in [0.25, 0.3) is 0 Å². The highest BCUT2D eigenvalue weighted by Crippen LogP contribution is 2.24. The normalized spacial score (nSPS) is 16.3. The van der Waals surface area contributed by atoms with E-state index >= 15 is 0 Å². The summed E-state index contributed by atoms with van der Waals surface area (Å²) in [7, 11) is 0. The van der Waals surface area contributed by atoms with E-state index in [1.165, 1.54) is 6.07 Å². The van der Waals surface area contributed by atoms with Gasteiger partial charge < -0.3 is 15.3 Å². The van der Waals surface area contributed by atoms with Gasteiger partial charge in [-0.3, -0.25) is 0 Å². The van der Waals surface area contributed by atoms with E-state index in [4.69, 9.17) is 0 Å². The van der Waals surface area contributed by atoms with Crippen molar-refractivity contribution in [2.45, 2.75) is 18.9 Å². The van der Waals surface area contributed by atoms with E-state index in [2.05, 4.69) is 25.3 Å². The second-order valence-corrected chi connectivity index (χ2v) is 5.61. The van der Waals surface area contributed by atoms with Crippen molar-refractivity contribution in [3.05, 3.63) is 64.2 Å². The predicted octanol–water partition coefficient (Wildman–Crippen LogP) is 1.88. The Morgan fingerprint density at radius 1 is 1.17 bits per heavy atom. The minimum absolute atomic E-state index is 0.157. The molecular formula is C16H14FN5O. The van der Waals surface area contributed by atoms with E-state index in [0.717, 1.165) is 29.5 Å². The van der Waals surface area contributed by atoms with Crippen molar-refractivity contribution in [1.29, 1.82) is 0 Å². The standard InChI is InChI=1S/C16H14FN5O/c17-12-2-1-9-4-13(5-10(9)3-12)21-15-18-6-11(7-19-15)14-8-20-16(23)22-14/h1-3,6-8,13H,4-5H2,(H,18,19,21)(H2,20,22,23). The van der Waals surface area contributed by atoms with Gasteiger partial charge in [0, 0.05) is 30.2 Å². The number of halogens is 1. The predicted molar refractivity (Wildman–Crippen MR) is 83.7 cm³/mol. The molecule has 1 aliphatic carbocycles. The van der Waals surface area contributed by atoms with Gasteiger partial charge in [0.05, 0.1) is 5.69 Å². The lowest BCUT2D eigenvalue weighted by Gasteiger charge is -2.11. The Hall–Kier alpha value is -2.96. The minimum atomic E-state index is -0.266. The summed E-state index contributed by atoms with van der Waals surface area (Å²) >= 11 is 0. The first kappa shape index (κ1) is 13.7. The highest BCUT2D eigenvalue weighted by atomic mass is 19.1. The Kier molecular flexibility index (Phi) is 3.18. The molecule has 0 saturated carbocycles. The fourth-order valence-corrected chi connectivity index (χ4v) is 2.90. The highest BCUT2D eigenvalue weighted by Gasteiger charge is 2.22. The third-order valence-electron chi connectivity index (χ3n) is 3.99. The number of aromatic nitrogens is 4. The van der Waals surface area contributed by atoms with Gasteiger partial charge in [-0.05, 0) is 36.1 Å². The molecular weight excluding hydrogens is 297 g/mol. The molecule has 2 aromatic heterocycles. The second kappa shape index (κ2) is 5.35. The monoisotopic (exact) mass is 311 g/mol. The molecule has 7 heteroatoms. The summed E-state index contributed by atoms with van der Waals surface area (Å²) in [6.07, 6.45) is 6.46. The molecule has 4 rings (SSSR count). The van der Waals surface area contributed by atoms with Gasteiger partial charge in [0.15, 0.2) is 0 Å². The molecule has 1 aromatic carbocycles. The number of nitrogens with one attached hydrogen (secondary N) is 3. The molecule has 6 nitrogen and oxygen atoms in total. The molecule has 1 unspecified atom stereocenters. The molecule has 0 saturated heterocycles. The van der Waals surface area contributed by atoms with Crippen LogP contribution in [0.5, 0.6) is 0 Å². The quantitative estimate of drug-likeness (QED) is 0.689. The molecule has 0 amide bonds. The maximum atomic E-state index is 13.3. The summed E-state index contributed by atoms with van der Waals surface area (Å²) < 4.78 is 13.3. The van der Waals surface area contributed by atoms with Gasteiger partial charge in [-0.1, -0.05) is 6.07 Å². The molecule has 3 N–H and O–H groups in total. The van der Waals surface area contributed by atoms with Crippen LogP contribution in [0.15, 0.2) is 41.6 Å². The van der Waals surface area contributed by atoms with Crippen molar-refractivity contribution >= 4 is 5.95 Å². The van der Waals surface area contributed by atoms with E-state index in [9.17, 15) is 9.18 Å². The van der Waals surface area contributed by atoms with E-state index < -0.39 is 0 Å². The summed E-state index contributed by atoms with van der Waals surface area (Å²) in [5, 5.41) is 3.27. The third kappa shape index (κ3) is 2.73. The Labute approximate surface area is 130 Å². The number of H-pyrrole nitrogens is 2. The minimum Gasteiger partial charge on any atom is -0.351 e. The molecule has 23 heavy (non-hydrogen) atoms. The molecule has 1 aliphatic rings. The second-order valence-electron chi connectivity index (χ2n) is 5.61. The Morgan fingerprint density at radius 2 is 1.96 bits per heavy atom. The van der Waals surface area contributed by atoms with Gasteiger partial charge in [-0.25, -0.2) is 19.2 Å². The summed E-state index contributed by atoms with van der Waals surface area (Å²) in [5.41, 5.74) is 3.29. The van der Waals surface area contributed by atoms with Crippen molar-refractivity contribution in [2.75, 3.05) is 5.32 Å². The fraction of sp³-hybridized carbons (Fsp3) is 0.188. The molecule has 0 aliphatic heterocycles. The van der Waals surface area contributed by atoms with Crippen molar-refractivity contribution in [2.24, 2.45) is 0 Å². The fourth-order valence-electron chi connectivity index (χ4n) is 2.90. The van der Waals surface area contributed by atoms with E-state index in [0.29, 0.717) is 11.6 Å². The number of benzene rings is 1. The molecule has 3 aromatic rings. The van der Waals surface area contributed by atoms with Gasteiger partial charge in [0.2, 0.25) is 5.95 Å². The number of rotatable bonds is 3.